The lowest BCUT2D eigenvalue weighted by Gasteiger charge is -2.14. The highest BCUT2D eigenvalue weighted by Gasteiger charge is 2.26. The van der Waals surface area contributed by atoms with Crippen molar-refractivity contribution in [3.05, 3.63) is 53.6 Å². The van der Waals surface area contributed by atoms with Crippen LogP contribution in [0.1, 0.15) is 37.2 Å². The third kappa shape index (κ3) is 4.85. The summed E-state index contributed by atoms with van der Waals surface area (Å²) in [5, 5.41) is 40.3. The molecule has 1 aliphatic rings. The van der Waals surface area contributed by atoms with Crippen LogP contribution in [0.2, 0.25) is 0 Å². The monoisotopic (exact) mass is 437 g/mol. The van der Waals surface area contributed by atoms with E-state index in [1.165, 1.54) is 0 Å². The van der Waals surface area contributed by atoms with Crippen molar-refractivity contribution in [2.45, 2.75) is 38.6 Å². The molecule has 9 heteroatoms. The van der Waals surface area contributed by atoms with Gasteiger partial charge in [0.2, 0.25) is 0 Å². The lowest BCUT2D eigenvalue weighted by Crippen LogP contribution is -2.20. The van der Waals surface area contributed by atoms with Crippen LogP contribution in [-0.2, 0) is 11.2 Å². The van der Waals surface area contributed by atoms with Crippen molar-refractivity contribution in [1.29, 1.82) is 0 Å². The Balaban J connectivity index is 1.56. The van der Waals surface area contributed by atoms with Gasteiger partial charge in [-0.2, -0.15) is 0 Å². The molecule has 2 heterocycles. The van der Waals surface area contributed by atoms with Gasteiger partial charge in [0.05, 0.1) is 5.56 Å². The van der Waals surface area contributed by atoms with Gasteiger partial charge in [-0.25, -0.2) is 0 Å². The van der Waals surface area contributed by atoms with Crippen molar-refractivity contribution in [3.8, 4) is 17.1 Å². The molecular weight excluding hydrogens is 410 g/mol. The van der Waals surface area contributed by atoms with E-state index in [2.05, 4.69) is 26.0 Å². The Morgan fingerprint density at radius 3 is 2.62 bits per heavy atom. The average Bonchev–Trinajstić information content (AvgIpc) is 3.46. The zero-order chi connectivity index (χ0) is 22.3. The van der Waals surface area contributed by atoms with Crippen molar-refractivity contribution in [3.63, 3.8) is 0 Å². The molecule has 3 aromatic rings. The Hall–Kier alpha value is -3.14. The first-order valence-electron chi connectivity index (χ1n) is 10.8. The number of aliphatic hydroxyl groups is 1. The number of hydrogen-bond donors (Lipinski definition) is 3. The second-order valence-corrected chi connectivity index (χ2v) is 7.49. The van der Waals surface area contributed by atoms with Crippen LogP contribution in [-0.4, -0.2) is 36.1 Å². The lowest BCUT2D eigenvalue weighted by atomic mass is 9.97. The summed E-state index contributed by atoms with van der Waals surface area (Å²) in [6, 6.07) is 13.0. The van der Waals surface area contributed by atoms with Crippen LogP contribution in [0.4, 0.5) is 0 Å². The molecule has 9 nitrogen and oxygen atoms in total. The van der Waals surface area contributed by atoms with Gasteiger partial charge >= 0.3 is 0 Å². The maximum atomic E-state index is 10.8. The first kappa shape index (κ1) is 22.1. The quantitative estimate of drug-likeness (QED) is 0.291. The van der Waals surface area contributed by atoms with Gasteiger partial charge in [0.15, 0.2) is 12.5 Å². The minimum absolute atomic E-state index is 0.176. The number of phenols is 1. The molecule has 0 bridgehead atoms. The first-order chi connectivity index (χ1) is 15.7. The molecule has 0 aliphatic carbocycles. The SMILES string of the molecule is CCOC(O)c1c(-c2ccccc2)oc2ccc(O)c(CCCNCCC3N=NN=N3)c12. The number of benzene rings is 2. The summed E-state index contributed by atoms with van der Waals surface area (Å²) in [5.41, 5.74) is 2.73. The maximum absolute atomic E-state index is 10.8. The summed E-state index contributed by atoms with van der Waals surface area (Å²) in [4.78, 5) is 0. The number of hydrogen-bond acceptors (Lipinski definition) is 9. The number of fused-ring (bicyclic) bond motifs is 1. The van der Waals surface area contributed by atoms with Gasteiger partial charge in [0.25, 0.3) is 0 Å². The van der Waals surface area contributed by atoms with E-state index in [9.17, 15) is 10.2 Å². The molecule has 1 aliphatic heterocycles. The number of rotatable bonds is 11. The van der Waals surface area contributed by atoms with Crippen molar-refractivity contribution >= 4 is 11.0 Å². The third-order valence-electron chi connectivity index (χ3n) is 5.35. The fraction of sp³-hybridized carbons (Fsp3) is 0.391. The van der Waals surface area contributed by atoms with Crippen LogP contribution in [0.25, 0.3) is 22.3 Å². The molecule has 2 aromatic carbocycles. The number of nitrogens with zero attached hydrogens (tertiary/aromatic N) is 4. The Labute approximate surface area is 185 Å². The van der Waals surface area contributed by atoms with Crippen molar-refractivity contribution < 1.29 is 19.4 Å². The molecule has 0 spiro atoms. The fourth-order valence-electron chi connectivity index (χ4n) is 3.86. The van der Waals surface area contributed by atoms with Crippen LogP contribution in [0, 0.1) is 0 Å². The van der Waals surface area contributed by atoms with Gasteiger partial charge in [-0.3, -0.25) is 0 Å². The van der Waals surface area contributed by atoms with Crippen molar-refractivity contribution in [1.82, 2.24) is 5.32 Å². The number of aliphatic hydroxyl groups excluding tert-OH is 1. The lowest BCUT2D eigenvalue weighted by molar-refractivity contribution is -0.0969. The molecule has 0 saturated carbocycles. The van der Waals surface area contributed by atoms with Crippen LogP contribution in [0.5, 0.6) is 5.75 Å². The molecule has 1 unspecified atom stereocenters. The normalized spacial score (nSPS) is 14.6. The number of phenolic OH excluding ortho intramolecular Hbond substituents is 1. The van der Waals surface area contributed by atoms with E-state index in [1.807, 2.05) is 37.3 Å². The molecule has 0 radical (unpaired) electrons. The Kier molecular flexibility index (Phi) is 7.21. The zero-order valence-corrected chi connectivity index (χ0v) is 17.9. The van der Waals surface area contributed by atoms with E-state index in [-0.39, 0.29) is 11.9 Å². The third-order valence-corrected chi connectivity index (χ3v) is 5.35. The number of aryl methyl sites for hydroxylation is 1. The van der Waals surface area contributed by atoms with Crippen LogP contribution >= 0.6 is 0 Å². The van der Waals surface area contributed by atoms with Gasteiger partial charge in [-0.05, 0) is 55.4 Å². The highest BCUT2D eigenvalue weighted by Crippen LogP contribution is 2.42. The minimum Gasteiger partial charge on any atom is -0.508 e. The number of ether oxygens (including phenoxy) is 1. The van der Waals surface area contributed by atoms with Crippen LogP contribution in [0.3, 0.4) is 0 Å². The van der Waals surface area contributed by atoms with Gasteiger partial charge in [-0.1, -0.05) is 30.3 Å². The van der Waals surface area contributed by atoms with Crippen molar-refractivity contribution in [2.24, 2.45) is 20.7 Å². The predicted molar refractivity (Wildman–Crippen MR) is 119 cm³/mol. The topological polar surface area (TPSA) is 124 Å². The summed E-state index contributed by atoms with van der Waals surface area (Å²) in [7, 11) is 0. The molecular formula is C23H27N5O4. The van der Waals surface area contributed by atoms with E-state index in [4.69, 9.17) is 9.15 Å². The Morgan fingerprint density at radius 2 is 1.88 bits per heavy atom. The molecule has 0 amide bonds. The zero-order valence-electron chi connectivity index (χ0n) is 17.9. The fourth-order valence-corrected chi connectivity index (χ4v) is 3.86. The maximum Gasteiger partial charge on any atom is 0.186 e. The van der Waals surface area contributed by atoms with Gasteiger partial charge in [0, 0.05) is 29.5 Å². The molecule has 1 aromatic heterocycles. The van der Waals surface area contributed by atoms with Crippen molar-refractivity contribution in [2.75, 3.05) is 19.7 Å². The summed E-state index contributed by atoms with van der Waals surface area (Å²) in [6.45, 7) is 3.67. The molecule has 3 N–H and O–H groups in total. The molecule has 32 heavy (non-hydrogen) atoms. The van der Waals surface area contributed by atoms with E-state index in [0.717, 1.165) is 37.1 Å². The molecule has 0 fully saturated rings. The largest absolute Gasteiger partial charge is 0.508 e. The number of aromatic hydroxyl groups is 1. The average molecular weight is 438 g/mol. The second kappa shape index (κ2) is 10.4. The van der Waals surface area contributed by atoms with Gasteiger partial charge in [0.1, 0.15) is 17.1 Å². The summed E-state index contributed by atoms with van der Waals surface area (Å²) >= 11 is 0. The Bertz CT molecular complexity index is 1080. The molecule has 1 atom stereocenters. The van der Waals surface area contributed by atoms with Crippen LogP contribution in [0.15, 0.2) is 67.6 Å². The Morgan fingerprint density at radius 1 is 1.09 bits per heavy atom. The van der Waals surface area contributed by atoms with Gasteiger partial charge < -0.3 is 24.7 Å². The van der Waals surface area contributed by atoms with E-state index >= 15 is 0 Å². The van der Waals surface area contributed by atoms with Gasteiger partial charge in [-0.15, -0.1) is 10.2 Å². The van der Waals surface area contributed by atoms with Crippen LogP contribution < -0.4 is 5.32 Å². The molecule has 4 rings (SSSR count). The summed E-state index contributed by atoms with van der Waals surface area (Å²) in [6.07, 6.45) is 0.783. The molecule has 0 saturated heterocycles. The highest BCUT2D eigenvalue weighted by molar-refractivity contribution is 5.92. The number of nitrogens with one attached hydrogen (secondary N) is 1. The van der Waals surface area contributed by atoms with E-state index in [1.54, 1.807) is 12.1 Å². The first-order valence-corrected chi connectivity index (χ1v) is 10.8. The smallest absolute Gasteiger partial charge is 0.186 e. The minimum atomic E-state index is -1.16. The van der Waals surface area contributed by atoms with E-state index < -0.39 is 6.29 Å². The summed E-state index contributed by atoms with van der Waals surface area (Å²) < 4.78 is 11.7. The standard InChI is InChI=1S/C23H27N5O4/c1-2-31-23(30)21-20-16(9-6-13-24-14-12-19-25-27-28-26-19)17(29)10-11-18(20)32-22(21)15-7-4-3-5-8-15/h3-5,7-8,10-11,19,23-24,29-30H,2,6,9,12-14H2,1H3. The van der Waals surface area contributed by atoms with E-state index in [0.29, 0.717) is 35.3 Å². The predicted octanol–water partition coefficient (Wildman–Crippen LogP) is 4.90. The molecule has 168 valence electrons. The second-order valence-electron chi connectivity index (χ2n) is 7.49. The highest BCUT2D eigenvalue weighted by atomic mass is 16.6. The number of furan rings is 1. The summed E-state index contributed by atoms with van der Waals surface area (Å²) in [5.74, 6) is 0.723.